The molecule has 9 heteroatoms. The lowest BCUT2D eigenvalue weighted by molar-refractivity contribution is -0.139. The highest BCUT2D eigenvalue weighted by atomic mass is 35.5. The Labute approximate surface area is 190 Å². The molecule has 0 aliphatic carbocycles. The minimum absolute atomic E-state index is 0.00108. The monoisotopic (exact) mass is 460 g/mol. The lowest BCUT2D eigenvalue weighted by Gasteiger charge is -2.26. The van der Waals surface area contributed by atoms with Crippen molar-refractivity contribution in [2.24, 2.45) is 0 Å². The maximum Gasteiger partial charge on any atom is 0.295 e. The molecule has 0 aromatic heterocycles. The Morgan fingerprint density at radius 2 is 1.88 bits per heavy atom. The molecule has 2 aromatic rings. The van der Waals surface area contributed by atoms with Crippen LogP contribution in [0.2, 0.25) is 5.02 Å². The van der Waals surface area contributed by atoms with Gasteiger partial charge in [-0.05, 0) is 54.9 Å². The van der Waals surface area contributed by atoms with Crippen molar-refractivity contribution in [3.8, 4) is 11.5 Å². The number of amides is 1. The summed E-state index contributed by atoms with van der Waals surface area (Å²) in [7, 11) is 1.40. The van der Waals surface area contributed by atoms with Gasteiger partial charge in [0.1, 0.15) is 5.76 Å². The van der Waals surface area contributed by atoms with Crippen LogP contribution in [-0.4, -0.2) is 65.3 Å². The van der Waals surface area contributed by atoms with E-state index in [2.05, 4.69) is 5.32 Å². The van der Waals surface area contributed by atoms with Gasteiger partial charge < -0.3 is 30.3 Å². The maximum absolute atomic E-state index is 13.0. The van der Waals surface area contributed by atoms with Crippen LogP contribution in [-0.2, 0) is 9.59 Å². The van der Waals surface area contributed by atoms with Crippen molar-refractivity contribution in [2.45, 2.75) is 12.5 Å². The smallest absolute Gasteiger partial charge is 0.295 e. The first kappa shape index (κ1) is 23.6. The lowest BCUT2D eigenvalue weighted by atomic mass is 9.95. The number of halogens is 1. The van der Waals surface area contributed by atoms with E-state index >= 15 is 0 Å². The van der Waals surface area contributed by atoms with Crippen LogP contribution in [0.15, 0.2) is 48.0 Å². The first-order chi connectivity index (χ1) is 15.4. The topological polar surface area (TPSA) is 119 Å². The van der Waals surface area contributed by atoms with Crippen LogP contribution < -0.4 is 10.1 Å². The van der Waals surface area contributed by atoms with Crippen LogP contribution in [0, 0.1) is 0 Å². The molecule has 0 unspecified atom stereocenters. The van der Waals surface area contributed by atoms with E-state index in [4.69, 9.17) is 21.4 Å². The minimum atomic E-state index is -0.863. The average molecular weight is 461 g/mol. The van der Waals surface area contributed by atoms with Gasteiger partial charge in [0.15, 0.2) is 11.5 Å². The van der Waals surface area contributed by atoms with E-state index < -0.39 is 17.7 Å². The van der Waals surface area contributed by atoms with E-state index in [9.17, 15) is 19.8 Å². The molecule has 3 rings (SSSR count). The number of phenols is 1. The molecule has 1 amide bonds. The first-order valence-electron chi connectivity index (χ1n) is 10.1. The van der Waals surface area contributed by atoms with E-state index in [-0.39, 0.29) is 36.0 Å². The molecular weight excluding hydrogens is 436 g/mol. The molecule has 0 saturated carbocycles. The van der Waals surface area contributed by atoms with Gasteiger partial charge in [-0.2, -0.15) is 0 Å². The van der Waals surface area contributed by atoms with Crippen molar-refractivity contribution < 1.29 is 29.6 Å². The molecule has 0 radical (unpaired) electrons. The summed E-state index contributed by atoms with van der Waals surface area (Å²) >= 11 is 5.93. The van der Waals surface area contributed by atoms with E-state index in [0.717, 1.165) is 0 Å². The Morgan fingerprint density at radius 1 is 1.16 bits per heavy atom. The number of rotatable bonds is 9. The van der Waals surface area contributed by atoms with Crippen molar-refractivity contribution in [3.05, 3.63) is 64.2 Å². The lowest BCUT2D eigenvalue weighted by Crippen LogP contribution is -2.32. The van der Waals surface area contributed by atoms with Gasteiger partial charge in [0.05, 0.1) is 25.3 Å². The summed E-state index contributed by atoms with van der Waals surface area (Å²) in [4.78, 5) is 27.3. The van der Waals surface area contributed by atoms with Gasteiger partial charge in [0.25, 0.3) is 11.7 Å². The number of carbonyl (C=O) groups excluding carboxylic acids is 2. The van der Waals surface area contributed by atoms with Crippen LogP contribution in [0.3, 0.4) is 0 Å². The summed E-state index contributed by atoms with van der Waals surface area (Å²) in [6.45, 7) is 1.20. The third-order valence-corrected chi connectivity index (χ3v) is 5.47. The second-order valence-electron chi connectivity index (χ2n) is 7.26. The fourth-order valence-corrected chi connectivity index (χ4v) is 3.79. The van der Waals surface area contributed by atoms with E-state index in [0.29, 0.717) is 35.7 Å². The molecule has 0 spiro atoms. The summed E-state index contributed by atoms with van der Waals surface area (Å²) in [5, 5.41) is 33.4. The predicted molar refractivity (Wildman–Crippen MR) is 120 cm³/mol. The van der Waals surface area contributed by atoms with Crippen LogP contribution in [0.25, 0.3) is 5.76 Å². The van der Waals surface area contributed by atoms with E-state index in [1.807, 2.05) is 0 Å². The number of ketones is 1. The van der Waals surface area contributed by atoms with Gasteiger partial charge >= 0.3 is 0 Å². The number of hydrogen-bond acceptors (Lipinski definition) is 7. The molecule has 1 aliphatic rings. The largest absolute Gasteiger partial charge is 0.507 e. The number of carbonyl (C=O) groups is 2. The van der Waals surface area contributed by atoms with Crippen molar-refractivity contribution >= 4 is 29.1 Å². The molecule has 32 heavy (non-hydrogen) atoms. The molecule has 1 aliphatic heterocycles. The highest BCUT2D eigenvalue weighted by Crippen LogP contribution is 2.41. The zero-order chi connectivity index (χ0) is 23.3. The number of benzene rings is 2. The number of nitrogens with zero attached hydrogens (tertiary/aromatic N) is 1. The average Bonchev–Trinajstić information content (AvgIpc) is 3.04. The zero-order valence-electron chi connectivity index (χ0n) is 17.5. The van der Waals surface area contributed by atoms with Crippen molar-refractivity contribution in [3.63, 3.8) is 0 Å². The van der Waals surface area contributed by atoms with Gasteiger partial charge in [-0.15, -0.1) is 0 Å². The predicted octanol–water partition coefficient (Wildman–Crippen LogP) is 2.45. The zero-order valence-corrected chi connectivity index (χ0v) is 18.3. The highest BCUT2D eigenvalue weighted by Gasteiger charge is 2.46. The molecule has 0 bridgehead atoms. The van der Waals surface area contributed by atoms with Crippen molar-refractivity contribution in [1.82, 2.24) is 10.2 Å². The molecule has 1 saturated heterocycles. The van der Waals surface area contributed by atoms with Crippen LogP contribution in [0.1, 0.15) is 23.6 Å². The molecule has 2 aromatic carbocycles. The number of nitrogens with one attached hydrogen (secondary N) is 1. The van der Waals surface area contributed by atoms with Crippen LogP contribution in [0.4, 0.5) is 0 Å². The molecule has 4 N–H and O–H groups in total. The van der Waals surface area contributed by atoms with Crippen molar-refractivity contribution in [1.29, 1.82) is 0 Å². The third kappa shape index (κ3) is 4.88. The Kier molecular flexibility index (Phi) is 7.74. The third-order valence-electron chi connectivity index (χ3n) is 5.22. The summed E-state index contributed by atoms with van der Waals surface area (Å²) in [6.07, 6.45) is 0.528. The second kappa shape index (κ2) is 10.5. The highest BCUT2D eigenvalue weighted by molar-refractivity contribution is 6.46. The Bertz CT molecular complexity index is 1020. The standard InChI is InChI=1S/C23H25ClN2O6/c1-32-18-13-15(5-8-17(18)28)20-19(21(29)14-3-6-16(24)7-4-14)22(30)23(31)26(20)11-2-9-25-10-12-27/h3-8,13,20,25,27-29H,2,9-12H2,1H3/t20-/m1/s1. The molecular formula is C23H25ClN2O6. The summed E-state index contributed by atoms with van der Waals surface area (Å²) < 4.78 is 5.19. The fourth-order valence-electron chi connectivity index (χ4n) is 3.66. The summed E-state index contributed by atoms with van der Waals surface area (Å²) in [5.74, 6) is -1.72. The molecule has 1 atom stereocenters. The molecule has 170 valence electrons. The number of hydrogen-bond donors (Lipinski definition) is 4. The van der Waals surface area contributed by atoms with Crippen molar-refractivity contribution in [2.75, 3.05) is 33.4 Å². The number of methoxy groups -OCH3 is 1. The molecule has 1 heterocycles. The number of likely N-dealkylation sites (tertiary alicyclic amines) is 1. The molecule has 8 nitrogen and oxygen atoms in total. The summed E-state index contributed by atoms with van der Waals surface area (Å²) in [6, 6.07) is 9.98. The quantitative estimate of drug-likeness (QED) is 0.196. The second-order valence-corrected chi connectivity index (χ2v) is 7.69. The Hall–Kier alpha value is -3.07. The number of aliphatic hydroxyl groups is 2. The van der Waals surface area contributed by atoms with Crippen LogP contribution in [0.5, 0.6) is 11.5 Å². The normalized spacial score (nSPS) is 17.7. The first-order valence-corrected chi connectivity index (χ1v) is 10.5. The van der Waals surface area contributed by atoms with Gasteiger partial charge in [-0.3, -0.25) is 9.59 Å². The van der Waals surface area contributed by atoms with Gasteiger partial charge in [-0.25, -0.2) is 0 Å². The Morgan fingerprint density at radius 3 is 2.53 bits per heavy atom. The van der Waals surface area contributed by atoms with Gasteiger partial charge in [-0.1, -0.05) is 17.7 Å². The number of phenolic OH excluding ortho intramolecular Hbond substituents is 1. The number of ether oxygens (including phenoxy) is 1. The number of Topliss-reactive ketones (excluding diaryl/α,β-unsaturated/α-hetero) is 1. The maximum atomic E-state index is 13.0. The van der Waals surface area contributed by atoms with Gasteiger partial charge in [0.2, 0.25) is 0 Å². The SMILES string of the molecule is COc1cc([C@@H]2C(=C(O)c3ccc(Cl)cc3)C(=O)C(=O)N2CCCNCCO)ccc1O. The van der Waals surface area contributed by atoms with Gasteiger partial charge in [0, 0.05) is 23.7 Å². The van der Waals surface area contributed by atoms with E-state index in [1.165, 1.54) is 24.1 Å². The fraction of sp³-hybridized carbons (Fsp3) is 0.304. The number of aliphatic hydroxyl groups excluding tert-OH is 2. The Balaban J connectivity index is 2.05. The number of aromatic hydroxyl groups is 1. The van der Waals surface area contributed by atoms with E-state index in [1.54, 1.807) is 30.3 Å². The molecule has 1 fully saturated rings. The minimum Gasteiger partial charge on any atom is -0.507 e. The van der Waals surface area contributed by atoms with Crippen LogP contribution >= 0.6 is 11.6 Å². The summed E-state index contributed by atoms with van der Waals surface area (Å²) in [5.41, 5.74) is 0.818.